The summed E-state index contributed by atoms with van der Waals surface area (Å²) in [5.41, 5.74) is 5.50. The van der Waals surface area contributed by atoms with Gasteiger partial charge in [-0.25, -0.2) is 9.97 Å². The molecular weight excluding hydrogens is 450 g/mol. The van der Waals surface area contributed by atoms with Gasteiger partial charge in [0.05, 0.1) is 10.7 Å². The number of carbonyl (C=O) groups excluding carboxylic acids is 2. The zero-order chi connectivity index (χ0) is 22.5. The number of hydrazine groups is 1. The fourth-order valence-corrected chi connectivity index (χ4v) is 4.66. The molecule has 0 unspecified atom stereocenters. The number of aromatic nitrogens is 2. The Morgan fingerprint density at radius 3 is 2.62 bits per heavy atom. The summed E-state index contributed by atoms with van der Waals surface area (Å²) in [5, 5.41) is 12.3. The molecule has 0 spiro atoms. The number of hydrogen-bond acceptors (Lipinski definition) is 8. The van der Waals surface area contributed by atoms with Crippen LogP contribution in [-0.4, -0.2) is 32.5 Å². The van der Waals surface area contributed by atoms with E-state index in [0.717, 1.165) is 26.7 Å². The lowest BCUT2D eigenvalue weighted by atomic mass is 10.2. The number of rotatable bonds is 6. The van der Waals surface area contributed by atoms with Crippen LogP contribution in [0, 0.1) is 10.1 Å². The van der Waals surface area contributed by atoms with Gasteiger partial charge in [0.2, 0.25) is 5.91 Å². The molecule has 0 bridgehead atoms. The van der Waals surface area contributed by atoms with Crippen molar-refractivity contribution in [3.8, 4) is 10.4 Å². The van der Waals surface area contributed by atoms with Gasteiger partial charge in [0.25, 0.3) is 11.6 Å². The maximum atomic E-state index is 12.2. The van der Waals surface area contributed by atoms with Gasteiger partial charge in [0, 0.05) is 28.0 Å². The largest absolute Gasteiger partial charge is 0.272 e. The third kappa shape index (κ3) is 4.90. The summed E-state index contributed by atoms with van der Waals surface area (Å²) in [5.74, 6) is -1.08. The Kier molecular flexibility index (Phi) is 6.38. The third-order valence-electron chi connectivity index (χ3n) is 4.33. The first-order valence-electron chi connectivity index (χ1n) is 9.27. The highest BCUT2D eigenvalue weighted by Gasteiger charge is 2.14. The Labute approximate surface area is 190 Å². The van der Waals surface area contributed by atoms with Crippen LogP contribution in [0.4, 0.5) is 5.69 Å². The normalized spacial score (nSPS) is 10.6. The van der Waals surface area contributed by atoms with Crippen molar-refractivity contribution in [2.24, 2.45) is 0 Å². The highest BCUT2D eigenvalue weighted by molar-refractivity contribution is 8.00. The number of carbonyl (C=O) groups is 2. The van der Waals surface area contributed by atoms with Crippen LogP contribution in [-0.2, 0) is 4.79 Å². The molecule has 4 aromatic rings. The standard InChI is InChI=1S/C21H15N5O4S2/c27-18(24-25-19(28)14-7-4-8-15(9-14)26(29)30)11-31-20-16-10-17(13-5-2-1-3-6-13)32-21(16)23-12-22-20/h1-10,12H,11H2,(H,24,27)(H,25,28). The number of thiophene rings is 1. The summed E-state index contributed by atoms with van der Waals surface area (Å²) in [7, 11) is 0. The summed E-state index contributed by atoms with van der Waals surface area (Å²) in [6.07, 6.45) is 1.46. The van der Waals surface area contributed by atoms with Crippen LogP contribution >= 0.6 is 23.1 Å². The Morgan fingerprint density at radius 1 is 1.03 bits per heavy atom. The number of nitro benzene ring substituents is 1. The number of thioether (sulfide) groups is 1. The van der Waals surface area contributed by atoms with Gasteiger partial charge in [0.1, 0.15) is 16.2 Å². The minimum absolute atomic E-state index is 0.0118. The van der Waals surface area contributed by atoms with Gasteiger partial charge in [-0.1, -0.05) is 48.2 Å². The minimum Gasteiger partial charge on any atom is -0.272 e. The topological polar surface area (TPSA) is 127 Å². The fraction of sp³-hybridized carbons (Fsp3) is 0.0476. The molecule has 2 heterocycles. The van der Waals surface area contributed by atoms with Crippen molar-refractivity contribution in [1.29, 1.82) is 0 Å². The smallest absolute Gasteiger partial charge is 0.270 e. The van der Waals surface area contributed by atoms with Crippen LogP contribution in [0.5, 0.6) is 0 Å². The first kappa shape index (κ1) is 21.4. The number of nitrogens with zero attached hydrogens (tertiary/aromatic N) is 3. The number of nitro groups is 1. The van der Waals surface area contributed by atoms with Crippen LogP contribution in [0.3, 0.4) is 0 Å². The molecule has 0 aliphatic carbocycles. The number of amides is 2. The molecule has 160 valence electrons. The SMILES string of the molecule is O=C(CSc1ncnc2sc(-c3ccccc3)cc12)NNC(=O)c1cccc([N+](=O)[O-])c1. The summed E-state index contributed by atoms with van der Waals surface area (Å²) in [4.78, 5) is 45.0. The summed E-state index contributed by atoms with van der Waals surface area (Å²) >= 11 is 2.77. The van der Waals surface area contributed by atoms with Crippen LogP contribution in [0.2, 0.25) is 0 Å². The maximum Gasteiger partial charge on any atom is 0.270 e. The lowest BCUT2D eigenvalue weighted by Gasteiger charge is -2.07. The number of benzene rings is 2. The monoisotopic (exact) mass is 465 g/mol. The van der Waals surface area contributed by atoms with Crippen molar-refractivity contribution in [2.75, 3.05) is 5.75 Å². The molecule has 0 aliphatic rings. The van der Waals surface area contributed by atoms with Gasteiger partial charge in [-0.2, -0.15) is 0 Å². The Morgan fingerprint density at radius 2 is 1.84 bits per heavy atom. The number of non-ortho nitro benzene ring substituents is 1. The van der Waals surface area contributed by atoms with E-state index in [9.17, 15) is 19.7 Å². The molecule has 0 saturated carbocycles. The van der Waals surface area contributed by atoms with Crippen molar-refractivity contribution in [3.63, 3.8) is 0 Å². The molecule has 0 radical (unpaired) electrons. The van der Waals surface area contributed by atoms with Crippen LogP contribution in [0.15, 0.2) is 72.0 Å². The molecule has 2 aromatic carbocycles. The van der Waals surface area contributed by atoms with E-state index in [2.05, 4.69) is 20.8 Å². The van der Waals surface area contributed by atoms with E-state index in [1.165, 1.54) is 36.3 Å². The number of nitrogens with one attached hydrogen (secondary N) is 2. The van der Waals surface area contributed by atoms with Gasteiger partial charge >= 0.3 is 0 Å². The van der Waals surface area contributed by atoms with Gasteiger partial charge in [0.15, 0.2) is 0 Å². The fourth-order valence-electron chi connectivity index (χ4n) is 2.82. The summed E-state index contributed by atoms with van der Waals surface area (Å²) < 4.78 is 0. The van der Waals surface area contributed by atoms with E-state index in [4.69, 9.17) is 0 Å². The second kappa shape index (κ2) is 9.54. The lowest BCUT2D eigenvalue weighted by molar-refractivity contribution is -0.384. The molecule has 2 N–H and O–H groups in total. The van der Waals surface area contributed by atoms with Gasteiger partial charge < -0.3 is 0 Å². The third-order valence-corrected chi connectivity index (χ3v) is 6.42. The van der Waals surface area contributed by atoms with Crippen molar-refractivity contribution < 1.29 is 14.5 Å². The molecular formula is C21H15N5O4S2. The van der Waals surface area contributed by atoms with E-state index in [1.807, 2.05) is 36.4 Å². The molecule has 0 fully saturated rings. The lowest BCUT2D eigenvalue weighted by Crippen LogP contribution is -2.42. The summed E-state index contributed by atoms with van der Waals surface area (Å²) in [6.45, 7) is 0. The number of hydrogen-bond donors (Lipinski definition) is 2. The molecule has 2 amide bonds. The zero-order valence-electron chi connectivity index (χ0n) is 16.3. The van der Waals surface area contributed by atoms with Gasteiger partial charge in [-0.05, 0) is 17.7 Å². The highest BCUT2D eigenvalue weighted by Crippen LogP contribution is 2.35. The highest BCUT2D eigenvalue weighted by atomic mass is 32.2. The predicted octanol–water partition coefficient (Wildman–Crippen LogP) is 3.82. The average molecular weight is 466 g/mol. The number of fused-ring (bicyclic) bond motifs is 1. The van der Waals surface area contributed by atoms with E-state index < -0.39 is 16.7 Å². The zero-order valence-corrected chi connectivity index (χ0v) is 18.0. The van der Waals surface area contributed by atoms with Crippen LogP contribution in [0.25, 0.3) is 20.7 Å². The quantitative estimate of drug-likeness (QED) is 0.192. The van der Waals surface area contributed by atoms with Crippen molar-refractivity contribution in [3.05, 3.63) is 82.7 Å². The minimum atomic E-state index is -0.651. The molecule has 0 saturated heterocycles. The van der Waals surface area contributed by atoms with Crippen LogP contribution < -0.4 is 10.9 Å². The molecule has 9 nitrogen and oxygen atoms in total. The van der Waals surface area contributed by atoms with E-state index in [1.54, 1.807) is 11.3 Å². The predicted molar refractivity (Wildman–Crippen MR) is 122 cm³/mol. The first-order valence-corrected chi connectivity index (χ1v) is 11.1. The molecule has 2 aromatic heterocycles. The van der Waals surface area contributed by atoms with E-state index in [-0.39, 0.29) is 17.0 Å². The molecule has 0 atom stereocenters. The molecule has 11 heteroatoms. The van der Waals surface area contributed by atoms with Crippen molar-refractivity contribution >= 4 is 50.8 Å². The Hall–Kier alpha value is -3.83. The average Bonchev–Trinajstić information content (AvgIpc) is 3.27. The van der Waals surface area contributed by atoms with Crippen LogP contribution in [0.1, 0.15) is 10.4 Å². The van der Waals surface area contributed by atoms with Crippen molar-refractivity contribution in [2.45, 2.75) is 5.03 Å². The second-order valence-corrected chi connectivity index (χ2v) is 8.47. The van der Waals surface area contributed by atoms with E-state index >= 15 is 0 Å². The maximum absolute atomic E-state index is 12.2. The molecule has 0 aliphatic heterocycles. The Balaban J connectivity index is 1.38. The Bertz CT molecular complexity index is 1310. The molecule has 32 heavy (non-hydrogen) atoms. The van der Waals surface area contributed by atoms with Gasteiger partial charge in [-0.15, -0.1) is 11.3 Å². The molecule has 4 rings (SSSR count). The first-order chi connectivity index (χ1) is 15.5. The van der Waals surface area contributed by atoms with E-state index in [0.29, 0.717) is 5.03 Å². The van der Waals surface area contributed by atoms with Crippen molar-refractivity contribution in [1.82, 2.24) is 20.8 Å². The van der Waals surface area contributed by atoms with Gasteiger partial charge in [-0.3, -0.25) is 30.6 Å². The summed E-state index contributed by atoms with van der Waals surface area (Å²) in [6, 6.07) is 17.1. The second-order valence-electron chi connectivity index (χ2n) is 6.47.